The van der Waals surface area contributed by atoms with Gasteiger partial charge < -0.3 is 15.6 Å². The van der Waals surface area contributed by atoms with Crippen LogP contribution in [-0.2, 0) is 11.3 Å². The maximum absolute atomic E-state index is 11.9. The van der Waals surface area contributed by atoms with Crippen LogP contribution in [0.5, 0.6) is 0 Å². The second-order valence-electron chi connectivity index (χ2n) is 4.99. The predicted octanol–water partition coefficient (Wildman–Crippen LogP) is 1.35. The van der Waals surface area contributed by atoms with Gasteiger partial charge in [0, 0.05) is 25.4 Å². The molecule has 0 bridgehead atoms. The van der Waals surface area contributed by atoms with Crippen molar-refractivity contribution in [2.45, 2.75) is 26.8 Å². The van der Waals surface area contributed by atoms with E-state index in [0.717, 1.165) is 5.69 Å². The van der Waals surface area contributed by atoms with Crippen molar-refractivity contribution in [3.8, 4) is 0 Å². The molecule has 0 aliphatic heterocycles. The predicted molar refractivity (Wildman–Crippen MR) is 64.7 cm³/mol. The molecule has 0 radical (unpaired) electrons. The summed E-state index contributed by atoms with van der Waals surface area (Å²) < 4.78 is 0. The Morgan fingerprint density at radius 2 is 2.25 bits per heavy atom. The Balaban J connectivity index is 2.48. The molecule has 1 rings (SSSR count). The number of carbonyl (C=O) groups is 1. The number of nitrogens with two attached hydrogens (primary N) is 1. The molecule has 0 aromatic carbocycles. The highest BCUT2D eigenvalue weighted by atomic mass is 16.2. The first kappa shape index (κ1) is 12.8. The van der Waals surface area contributed by atoms with Crippen molar-refractivity contribution in [2.24, 2.45) is 11.1 Å². The van der Waals surface area contributed by atoms with E-state index >= 15 is 0 Å². The molecule has 1 heterocycles. The van der Waals surface area contributed by atoms with E-state index < -0.39 is 0 Å². The lowest BCUT2D eigenvalue weighted by Crippen LogP contribution is -2.34. The molecule has 0 saturated carbocycles. The molecule has 3 N–H and O–H groups in total. The van der Waals surface area contributed by atoms with E-state index in [9.17, 15) is 4.79 Å². The minimum Gasteiger partial charge on any atom is -0.364 e. The van der Waals surface area contributed by atoms with Crippen LogP contribution in [0, 0.1) is 5.41 Å². The summed E-state index contributed by atoms with van der Waals surface area (Å²) in [6.45, 7) is 5.16. The third-order valence-corrected chi connectivity index (χ3v) is 2.68. The number of hydrogen-bond donors (Lipinski definition) is 2. The van der Waals surface area contributed by atoms with Crippen LogP contribution in [0.2, 0.25) is 0 Å². The fourth-order valence-corrected chi connectivity index (χ4v) is 1.43. The van der Waals surface area contributed by atoms with Gasteiger partial charge in [-0.3, -0.25) is 4.79 Å². The lowest BCUT2D eigenvalue weighted by atomic mass is 9.89. The fraction of sp³-hybridized carbons (Fsp3) is 0.583. The lowest BCUT2D eigenvalue weighted by Gasteiger charge is -2.25. The van der Waals surface area contributed by atoms with Crippen LogP contribution in [0.3, 0.4) is 0 Å². The van der Waals surface area contributed by atoms with Crippen molar-refractivity contribution in [1.82, 2.24) is 9.88 Å². The van der Waals surface area contributed by atoms with Crippen LogP contribution in [0.25, 0.3) is 0 Å². The first-order chi connectivity index (χ1) is 7.44. The molecule has 0 aliphatic rings. The number of aromatic nitrogens is 1. The third-order valence-electron chi connectivity index (χ3n) is 2.68. The van der Waals surface area contributed by atoms with E-state index in [-0.39, 0.29) is 11.3 Å². The second-order valence-corrected chi connectivity index (χ2v) is 4.99. The molecule has 0 fully saturated rings. The largest absolute Gasteiger partial charge is 0.364 e. The number of H-pyrrole nitrogens is 1. The molecule has 0 atom stereocenters. The van der Waals surface area contributed by atoms with E-state index in [0.29, 0.717) is 19.5 Å². The van der Waals surface area contributed by atoms with Crippen LogP contribution in [0.4, 0.5) is 0 Å². The zero-order valence-corrected chi connectivity index (χ0v) is 10.3. The zero-order chi connectivity index (χ0) is 12.2. The van der Waals surface area contributed by atoms with Gasteiger partial charge in [0.15, 0.2) is 0 Å². The zero-order valence-electron chi connectivity index (χ0n) is 10.3. The minimum atomic E-state index is -0.124. The molecule has 0 spiro atoms. The molecule has 1 aromatic rings. The minimum absolute atomic E-state index is 0.124. The standard InChI is InChI=1S/C12H21N3O/c1-12(2,9-13)7-11(16)15(3)8-10-5-4-6-14-10/h4-6,14H,7-9,13H2,1-3H3. The summed E-state index contributed by atoms with van der Waals surface area (Å²) in [4.78, 5) is 16.7. The molecule has 1 amide bonds. The summed E-state index contributed by atoms with van der Waals surface area (Å²) in [5, 5.41) is 0. The maximum atomic E-state index is 11.9. The second kappa shape index (κ2) is 5.16. The SMILES string of the molecule is CN(Cc1ccc[nH]1)C(=O)CC(C)(C)CN. The number of rotatable bonds is 5. The van der Waals surface area contributed by atoms with Crippen molar-refractivity contribution in [2.75, 3.05) is 13.6 Å². The highest BCUT2D eigenvalue weighted by Gasteiger charge is 2.22. The van der Waals surface area contributed by atoms with Crippen molar-refractivity contribution >= 4 is 5.91 Å². The molecule has 90 valence electrons. The first-order valence-corrected chi connectivity index (χ1v) is 5.51. The number of nitrogens with zero attached hydrogens (tertiary/aromatic N) is 1. The van der Waals surface area contributed by atoms with E-state index in [1.807, 2.05) is 39.2 Å². The molecule has 0 aliphatic carbocycles. The Bertz CT molecular complexity index is 330. The summed E-state index contributed by atoms with van der Waals surface area (Å²) in [6.07, 6.45) is 2.35. The van der Waals surface area contributed by atoms with Crippen LogP contribution in [-0.4, -0.2) is 29.4 Å². The number of nitrogens with one attached hydrogen (secondary N) is 1. The summed E-state index contributed by atoms with van der Waals surface area (Å²) in [5.41, 5.74) is 6.53. The van der Waals surface area contributed by atoms with Crippen molar-refractivity contribution in [3.05, 3.63) is 24.0 Å². The quantitative estimate of drug-likeness (QED) is 0.791. The lowest BCUT2D eigenvalue weighted by molar-refractivity contribution is -0.132. The van der Waals surface area contributed by atoms with Gasteiger partial charge in [-0.15, -0.1) is 0 Å². The van der Waals surface area contributed by atoms with Crippen molar-refractivity contribution < 1.29 is 4.79 Å². The Hall–Kier alpha value is -1.29. The molecule has 16 heavy (non-hydrogen) atoms. The van der Waals surface area contributed by atoms with E-state index in [4.69, 9.17) is 5.73 Å². The number of aromatic amines is 1. The molecule has 1 aromatic heterocycles. The average Bonchev–Trinajstić information content (AvgIpc) is 2.69. The van der Waals surface area contributed by atoms with Crippen LogP contribution >= 0.6 is 0 Å². The highest BCUT2D eigenvalue weighted by molar-refractivity contribution is 5.76. The van der Waals surface area contributed by atoms with Gasteiger partial charge in [0.25, 0.3) is 0 Å². The van der Waals surface area contributed by atoms with Crippen molar-refractivity contribution in [3.63, 3.8) is 0 Å². The first-order valence-electron chi connectivity index (χ1n) is 5.51. The van der Waals surface area contributed by atoms with Crippen LogP contribution < -0.4 is 5.73 Å². The summed E-state index contributed by atoms with van der Waals surface area (Å²) in [6, 6.07) is 3.90. The maximum Gasteiger partial charge on any atom is 0.223 e. The Morgan fingerprint density at radius 1 is 1.56 bits per heavy atom. The van der Waals surface area contributed by atoms with E-state index in [1.165, 1.54) is 0 Å². The molecule has 4 heteroatoms. The molecular weight excluding hydrogens is 202 g/mol. The van der Waals surface area contributed by atoms with Gasteiger partial charge >= 0.3 is 0 Å². The number of hydrogen-bond acceptors (Lipinski definition) is 2. The Kier molecular flexibility index (Phi) is 4.12. The molecule has 4 nitrogen and oxygen atoms in total. The monoisotopic (exact) mass is 223 g/mol. The fourth-order valence-electron chi connectivity index (χ4n) is 1.43. The van der Waals surface area contributed by atoms with E-state index in [2.05, 4.69) is 4.98 Å². The normalized spacial score (nSPS) is 11.5. The van der Waals surface area contributed by atoms with Gasteiger partial charge in [0.2, 0.25) is 5.91 Å². The summed E-state index contributed by atoms with van der Waals surface area (Å²) in [5.74, 6) is 0.130. The molecule has 0 unspecified atom stereocenters. The number of amides is 1. The highest BCUT2D eigenvalue weighted by Crippen LogP contribution is 2.19. The number of carbonyl (C=O) groups excluding carboxylic acids is 1. The van der Waals surface area contributed by atoms with Crippen molar-refractivity contribution in [1.29, 1.82) is 0 Å². The molecular formula is C12H21N3O. The summed E-state index contributed by atoms with van der Waals surface area (Å²) >= 11 is 0. The topological polar surface area (TPSA) is 62.1 Å². The van der Waals surface area contributed by atoms with Gasteiger partial charge in [0.05, 0.1) is 6.54 Å². The molecule has 0 saturated heterocycles. The third kappa shape index (κ3) is 3.70. The smallest absolute Gasteiger partial charge is 0.223 e. The van der Waals surface area contributed by atoms with Gasteiger partial charge in [-0.2, -0.15) is 0 Å². The van der Waals surface area contributed by atoms with Gasteiger partial charge in [-0.1, -0.05) is 13.8 Å². The Morgan fingerprint density at radius 3 is 2.75 bits per heavy atom. The average molecular weight is 223 g/mol. The van der Waals surface area contributed by atoms with Gasteiger partial charge in [-0.25, -0.2) is 0 Å². The summed E-state index contributed by atoms with van der Waals surface area (Å²) in [7, 11) is 1.82. The van der Waals surface area contributed by atoms with Gasteiger partial charge in [-0.05, 0) is 24.1 Å². The van der Waals surface area contributed by atoms with Crippen LogP contribution in [0.15, 0.2) is 18.3 Å². The van der Waals surface area contributed by atoms with Gasteiger partial charge in [0.1, 0.15) is 0 Å². The van der Waals surface area contributed by atoms with Crippen LogP contribution in [0.1, 0.15) is 26.0 Å². The Labute approximate surface area is 96.8 Å². The van der Waals surface area contributed by atoms with E-state index in [1.54, 1.807) is 4.90 Å².